The zero-order valence-electron chi connectivity index (χ0n) is 15.3. The first-order valence-corrected chi connectivity index (χ1v) is 8.73. The van der Waals surface area contributed by atoms with Gasteiger partial charge in [0.25, 0.3) is 0 Å². The molecule has 1 aliphatic rings. The van der Waals surface area contributed by atoms with Gasteiger partial charge in [0.05, 0.1) is 25.0 Å². The van der Waals surface area contributed by atoms with Crippen LogP contribution in [0.25, 0.3) is 0 Å². The summed E-state index contributed by atoms with van der Waals surface area (Å²) in [7, 11) is 1.51. The summed E-state index contributed by atoms with van der Waals surface area (Å²) in [6.07, 6.45) is 2.72. The van der Waals surface area contributed by atoms with E-state index in [0.717, 1.165) is 0 Å². The Morgan fingerprint density at radius 1 is 1.19 bits per heavy atom. The molecule has 0 radical (unpaired) electrons. The Morgan fingerprint density at radius 2 is 1.93 bits per heavy atom. The first kappa shape index (κ1) is 18.9. The lowest BCUT2D eigenvalue weighted by atomic mass is 10.1. The van der Waals surface area contributed by atoms with Crippen LogP contribution in [0.1, 0.15) is 18.5 Å². The van der Waals surface area contributed by atoms with E-state index in [1.54, 1.807) is 30.2 Å². The first-order chi connectivity index (χ1) is 13.0. The molecule has 144 valence electrons. The summed E-state index contributed by atoms with van der Waals surface area (Å²) in [5.74, 6) is -0.250. The third-order valence-electron chi connectivity index (χ3n) is 4.67. The number of carbonyl (C=O) groups excluding carboxylic acids is 1. The van der Waals surface area contributed by atoms with Crippen molar-refractivity contribution in [3.8, 4) is 5.75 Å². The van der Waals surface area contributed by atoms with Crippen LogP contribution in [-0.2, 0) is 0 Å². The summed E-state index contributed by atoms with van der Waals surface area (Å²) in [6, 6.07) is 5.26. The van der Waals surface area contributed by atoms with Crippen molar-refractivity contribution in [3.63, 3.8) is 0 Å². The molecule has 1 atom stereocenters. The topological polar surface area (TPSA) is 57.7 Å². The number of aromatic nitrogens is 1. The Bertz CT molecular complexity index is 810. The van der Waals surface area contributed by atoms with Gasteiger partial charge in [0.2, 0.25) is 0 Å². The molecule has 0 spiro atoms. The molecule has 1 aromatic carbocycles. The van der Waals surface area contributed by atoms with Gasteiger partial charge in [0.1, 0.15) is 11.6 Å². The largest absolute Gasteiger partial charge is 0.497 e. The molecule has 27 heavy (non-hydrogen) atoms. The average Bonchev–Trinajstić information content (AvgIpc) is 2.68. The van der Waals surface area contributed by atoms with Gasteiger partial charge in [-0.05, 0) is 31.2 Å². The number of hydrogen-bond donors (Lipinski definition) is 1. The van der Waals surface area contributed by atoms with Gasteiger partial charge in [-0.2, -0.15) is 0 Å². The predicted molar refractivity (Wildman–Crippen MR) is 97.9 cm³/mol. The maximum Gasteiger partial charge on any atom is 0.317 e. The third kappa shape index (κ3) is 4.27. The third-order valence-corrected chi connectivity index (χ3v) is 4.67. The van der Waals surface area contributed by atoms with E-state index in [2.05, 4.69) is 10.3 Å². The van der Waals surface area contributed by atoms with Gasteiger partial charge in [-0.3, -0.25) is 4.98 Å². The minimum atomic E-state index is -0.511. The number of nitrogens with one attached hydrogen (secondary N) is 1. The van der Waals surface area contributed by atoms with Crippen LogP contribution in [0.2, 0.25) is 0 Å². The van der Waals surface area contributed by atoms with Gasteiger partial charge >= 0.3 is 6.03 Å². The number of pyridine rings is 1. The molecule has 3 rings (SSSR count). The molecule has 2 aromatic rings. The highest BCUT2D eigenvalue weighted by Gasteiger charge is 2.24. The molecular weight excluding hydrogens is 354 g/mol. The molecule has 1 aliphatic heterocycles. The molecule has 8 heteroatoms. The normalized spacial score (nSPS) is 15.4. The fourth-order valence-corrected chi connectivity index (χ4v) is 3.11. The Labute approximate surface area is 156 Å². The van der Waals surface area contributed by atoms with E-state index in [1.165, 1.54) is 25.4 Å². The lowest BCUT2D eigenvalue weighted by Gasteiger charge is -2.36. The number of anilines is 1. The van der Waals surface area contributed by atoms with Crippen LogP contribution < -0.4 is 15.0 Å². The van der Waals surface area contributed by atoms with E-state index >= 15 is 0 Å². The second kappa shape index (κ2) is 8.20. The highest BCUT2D eigenvalue weighted by molar-refractivity contribution is 5.75. The average molecular weight is 376 g/mol. The minimum absolute atomic E-state index is 0.278. The summed E-state index contributed by atoms with van der Waals surface area (Å²) < 4.78 is 33.0. The fourth-order valence-electron chi connectivity index (χ4n) is 3.11. The molecule has 1 saturated heterocycles. The fraction of sp³-hybridized carbons (Fsp3) is 0.368. The van der Waals surface area contributed by atoms with E-state index in [-0.39, 0.29) is 11.8 Å². The van der Waals surface area contributed by atoms with Gasteiger partial charge in [-0.1, -0.05) is 0 Å². The molecule has 1 N–H and O–H groups in total. The van der Waals surface area contributed by atoms with E-state index in [9.17, 15) is 13.6 Å². The summed E-state index contributed by atoms with van der Waals surface area (Å²) in [5.41, 5.74) is 0.845. The number of carbonyl (C=O) groups is 1. The molecule has 2 amide bonds. The molecule has 0 unspecified atom stereocenters. The first-order valence-electron chi connectivity index (χ1n) is 8.73. The maximum atomic E-state index is 14.1. The Hall–Kier alpha value is -2.90. The summed E-state index contributed by atoms with van der Waals surface area (Å²) in [6.45, 7) is 3.63. The van der Waals surface area contributed by atoms with Crippen molar-refractivity contribution in [1.82, 2.24) is 15.2 Å². The standard InChI is InChI=1S/C19H22F2N4O2/c1-13(15-11-14(27-2)3-4-16(15)20)23-19(26)25-9-7-24(8-10-25)18-5-6-22-12-17(18)21/h3-6,11-13H,7-10H2,1-2H3,(H,23,26)/t13-/m1/s1. The van der Waals surface area contributed by atoms with Crippen molar-refractivity contribution >= 4 is 11.7 Å². The number of benzene rings is 1. The number of ether oxygens (including phenoxy) is 1. The van der Waals surface area contributed by atoms with Gasteiger partial charge in [-0.15, -0.1) is 0 Å². The number of rotatable bonds is 4. The number of methoxy groups -OCH3 is 1. The number of piperazine rings is 1. The smallest absolute Gasteiger partial charge is 0.317 e. The van der Waals surface area contributed by atoms with Crippen molar-refractivity contribution in [1.29, 1.82) is 0 Å². The van der Waals surface area contributed by atoms with Gasteiger partial charge in [-0.25, -0.2) is 13.6 Å². The maximum absolute atomic E-state index is 14.1. The molecule has 0 saturated carbocycles. The zero-order valence-corrected chi connectivity index (χ0v) is 15.3. The van der Waals surface area contributed by atoms with Gasteiger partial charge in [0.15, 0.2) is 5.82 Å². The lowest BCUT2D eigenvalue weighted by molar-refractivity contribution is 0.191. The van der Waals surface area contributed by atoms with E-state index < -0.39 is 11.9 Å². The quantitative estimate of drug-likeness (QED) is 0.891. The molecule has 1 aromatic heterocycles. The zero-order chi connectivity index (χ0) is 19.4. The molecule has 2 heterocycles. The van der Waals surface area contributed by atoms with Gasteiger partial charge < -0.3 is 19.9 Å². The van der Waals surface area contributed by atoms with Crippen LogP contribution in [0.4, 0.5) is 19.3 Å². The SMILES string of the molecule is COc1ccc(F)c([C@@H](C)NC(=O)N2CCN(c3ccncc3F)CC2)c1. The minimum Gasteiger partial charge on any atom is -0.497 e. The molecule has 1 fully saturated rings. The number of urea groups is 1. The van der Waals surface area contributed by atoms with Crippen LogP contribution in [0, 0.1) is 11.6 Å². The highest BCUT2D eigenvalue weighted by Crippen LogP contribution is 2.23. The predicted octanol–water partition coefficient (Wildman–Crippen LogP) is 2.96. The van der Waals surface area contributed by atoms with E-state index in [4.69, 9.17) is 4.74 Å². The number of nitrogens with zero attached hydrogens (tertiary/aromatic N) is 3. The van der Waals surface area contributed by atoms with E-state index in [0.29, 0.717) is 43.2 Å². The van der Waals surface area contributed by atoms with Crippen LogP contribution in [0.15, 0.2) is 36.7 Å². The lowest BCUT2D eigenvalue weighted by Crippen LogP contribution is -2.52. The summed E-state index contributed by atoms with van der Waals surface area (Å²) in [4.78, 5) is 19.8. The van der Waals surface area contributed by atoms with Crippen molar-refractivity contribution in [2.45, 2.75) is 13.0 Å². The second-order valence-corrected chi connectivity index (χ2v) is 6.36. The van der Waals surface area contributed by atoms with Crippen LogP contribution in [0.5, 0.6) is 5.75 Å². The van der Waals surface area contributed by atoms with Crippen LogP contribution in [0.3, 0.4) is 0 Å². The van der Waals surface area contributed by atoms with Crippen molar-refractivity contribution in [2.75, 3.05) is 38.2 Å². The Kier molecular flexibility index (Phi) is 5.73. The summed E-state index contributed by atoms with van der Waals surface area (Å²) >= 11 is 0. The van der Waals surface area contributed by atoms with Crippen molar-refractivity contribution in [3.05, 3.63) is 53.9 Å². The Balaban J connectivity index is 1.59. The van der Waals surface area contributed by atoms with Crippen LogP contribution >= 0.6 is 0 Å². The molecule has 0 bridgehead atoms. The number of amides is 2. The monoisotopic (exact) mass is 376 g/mol. The van der Waals surface area contributed by atoms with Gasteiger partial charge in [0, 0.05) is 37.9 Å². The number of halogens is 2. The highest BCUT2D eigenvalue weighted by atomic mass is 19.1. The molecular formula is C19H22F2N4O2. The number of hydrogen-bond acceptors (Lipinski definition) is 4. The van der Waals surface area contributed by atoms with Crippen molar-refractivity contribution in [2.24, 2.45) is 0 Å². The Morgan fingerprint density at radius 3 is 2.59 bits per heavy atom. The van der Waals surface area contributed by atoms with Crippen molar-refractivity contribution < 1.29 is 18.3 Å². The van der Waals surface area contributed by atoms with Crippen LogP contribution in [-0.4, -0.2) is 49.2 Å². The second-order valence-electron chi connectivity index (χ2n) is 6.36. The summed E-state index contributed by atoms with van der Waals surface area (Å²) in [5, 5.41) is 2.81. The van der Waals surface area contributed by atoms with E-state index in [1.807, 2.05) is 4.90 Å². The molecule has 0 aliphatic carbocycles. The molecule has 6 nitrogen and oxygen atoms in total.